The number of hydrogen-bond acceptors (Lipinski definition) is 3. The van der Waals surface area contributed by atoms with Crippen LogP contribution in [0.3, 0.4) is 0 Å². The molecule has 0 aliphatic carbocycles. The molecule has 2 atom stereocenters. The van der Waals surface area contributed by atoms with Gasteiger partial charge in [0.15, 0.2) is 6.17 Å². The zero-order valence-corrected chi connectivity index (χ0v) is 22.1. The van der Waals surface area contributed by atoms with Crippen molar-refractivity contribution in [2.24, 2.45) is 0 Å². The Bertz CT molecular complexity index is 696. The number of halogens is 3. The Kier molecular flexibility index (Phi) is 9.50. The molecule has 0 radical (unpaired) electrons. The minimum Gasteiger partial charge on any atom is -0.444 e. The second kappa shape index (κ2) is 10.6. The predicted molar refractivity (Wildman–Crippen MR) is 127 cm³/mol. The molecule has 1 aliphatic rings. The fourth-order valence-electron chi connectivity index (χ4n) is 5.02. The van der Waals surface area contributed by atoms with Crippen LogP contribution < -0.4 is 0 Å². The van der Waals surface area contributed by atoms with E-state index in [0.29, 0.717) is 16.6 Å². The van der Waals surface area contributed by atoms with Crippen LogP contribution in [0.15, 0.2) is 12.7 Å². The van der Waals surface area contributed by atoms with Gasteiger partial charge >= 0.3 is 12.3 Å². The number of alkyl halides is 3. The first-order valence-electron chi connectivity index (χ1n) is 11.4. The van der Waals surface area contributed by atoms with E-state index in [1.807, 2.05) is 0 Å². The summed E-state index contributed by atoms with van der Waals surface area (Å²) in [5.74, 6) is 3.24. The van der Waals surface area contributed by atoms with Gasteiger partial charge < -0.3 is 4.74 Å². The van der Waals surface area contributed by atoms with Crippen molar-refractivity contribution in [3.8, 4) is 11.5 Å². The average molecular weight is 475 g/mol. The summed E-state index contributed by atoms with van der Waals surface area (Å²) in [4.78, 5) is 14.9. The van der Waals surface area contributed by atoms with Crippen molar-refractivity contribution < 1.29 is 22.7 Å². The molecule has 1 aliphatic heterocycles. The van der Waals surface area contributed by atoms with Crippen LogP contribution in [0.5, 0.6) is 0 Å². The minimum absolute atomic E-state index is 0.0239. The molecule has 4 nitrogen and oxygen atoms in total. The van der Waals surface area contributed by atoms with E-state index in [1.54, 1.807) is 20.8 Å². The normalized spacial score (nSPS) is 20.7. The number of rotatable bonds is 6. The maximum absolute atomic E-state index is 14.0. The second-order valence-corrected chi connectivity index (χ2v) is 16.2. The van der Waals surface area contributed by atoms with Crippen molar-refractivity contribution in [1.82, 2.24) is 9.80 Å². The molecule has 0 N–H and O–H groups in total. The van der Waals surface area contributed by atoms with Crippen molar-refractivity contribution in [2.45, 2.75) is 109 Å². The molecule has 0 aromatic carbocycles. The van der Waals surface area contributed by atoms with Gasteiger partial charge in [0.1, 0.15) is 13.7 Å². The number of carbonyl (C=O) groups is 1. The quantitative estimate of drug-likeness (QED) is 0.247. The topological polar surface area (TPSA) is 32.8 Å². The lowest BCUT2D eigenvalue weighted by Gasteiger charge is -2.38. The standard InChI is InChI=1S/C24H41F3N2O2Si/c1-11-14-28-16-20(13-12-15-32(17(2)3,18(4)5)19(6)7)29(21(28)24(25,26)27)22(30)31-23(8,9)10/h11,17-21H,1,13-14,16H2,2-10H3/t20-,21+/m0/s1. The Morgan fingerprint density at radius 3 is 2.00 bits per heavy atom. The van der Waals surface area contributed by atoms with Crippen LogP contribution in [0.2, 0.25) is 16.6 Å². The minimum atomic E-state index is -4.62. The lowest BCUT2D eigenvalue weighted by molar-refractivity contribution is -0.204. The Morgan fingerprint density at radius 1 is 1.12 bits per heavy atom. The van der Waals surface area contributed by atoms with Gasteiger partial charge in [0.25, 0.3) is 0 Å². The van der Waals surface area contributed by atoms with Crippen LogP contribution in [0.25, 0.3) is 0 Å². The van der Waals surface area contributed by atoms with E-state index in [0.717, 1.165) is 4.90 Å². The summed E-state index contributed by atoms with van der Waals surface area (Å²) >= 11 is 0. The monoisotopic (exact) mass is 474 g/mol. The number of amides is 1. The number of ether oxygens (including phenoxy) is 1. The van der Waals surface area contributed by atoms with E-state index >= 15 is 0 Å². The van der Waals surface area contributed by atoms with Gasteiger partial charge in [-0.15, -0.1) is 18.0 Å². The predicted octanol–water partition coefficient (Wildman–Crippen LogP) is 6.59. The molecular weight excluding hydrogens is 433 g/mol. The average Bonchev–Trinajstić information content (AvgIpc) is 2.95. The van der Waals surface area contributed by atoms with E-state index in [9.17, 15) is 18.0 Å². The summed E-state index contributed by atoms with van der Waals surface area (Å²) < 4.78 is 47.4. The SMILES string of the molecule is C=CCN1C[C@H](CC#C[Si](C(C)C)(C(C)C)C(C)C)N(C(=O)OC(C)(C)C)[C@@H]1C(F)(F)F. The number of hydrogen-bond donors (Lipinski definition) is 0. The molecule has 8 heteroatoms. The van der Waals surface area contributed by atoms with Crippen molar-refractivity contribution in [2.75, 3.05) is 13.1 Å². The zero-order valence-electron chi connectivity index (χ0n) is 21.1. The molecule has 0 aromatic rings. The Labute approximate surface area is 193 Å². The van der Waals surface area contributed by atoms with Crippen LogP contribution in [0.4, 0.5) is 18.0 Å². The molecule has 0 unspecified atom stereocenters. The van der Waals surface area contributed by atoms with Gasteiger partial charge in [0.2, 0.25) is 0 Å². The first-order chi connectivity index (χ1) is 14.5. The van der Waals surface area contributed by atoms with Crippen LogP contribution in [-0.2, 0) is 4.74 Å². The molecule has 0 bridgehead atoms. The van der Waals surface area contributed by atoms with Crippen LogP contribution in [-0.4, -0.2) is 61.0 Å². The molecule has 0 saturated carbocycles. The summed E-state index contributed by atoms with van der Waals surface area (Å²) in [7, 11) is -2.02. The highest BCUT2D eigenvalue weighted by Gasteiger charge is 2.56. The van der Waals surface area contributed by atoms with Crippen molar-refractivity contribution in [3.05, 3.63) is 12.7 Å². The molecule has 1 fully saturated rings. The lowest BCUT2D eigenvalue weighted by Crippen LogP contribution is -2.54. The third kappa shape index (κ3) is 6.54. The van der Waals surface area contributed by atoms with E-state index in [4.69, 9.17) is 4.74 Å². The molecule has 1 saturated heterocycles. The molecule has 1 rings (SSSR count). The van der Waals surface area contributed by atoms with Gasteiger partial charge in [-0.2, -0.15) is 13.2 Å². The van der Waals surface area contributed by atoms with Crippen molar-refractivity contribution in [1.29, 1.82) is 0 Å². The van der Waals surface area contributed by atoms with Crippen LogP contribution >= 0.6 is 0 Å². The maximum Gasteiger partial charge on any atom is 0.422 e. The van der Waals surface area contributed by atoms with Crippen LogP contribution in [0.1, 0.15) is 68.7 Å². The molecule has 184 valence electrons. The Morgan fingerprint density at radius 2 is 1.62 bits per heavy atom. The van der Waals surface area contributed by atoms with Gasteiger partial charge in [0.05, 0.1) is 6.04 Å². The Balaban J connectivity index is 3.38. The van der Waals surface area contributed by atoms with Gasteiger partial charge in [-0.1, -0.05) is 47.6 Å². The van der Waals surface area contributed by atoms with Crippen molar-refractivity contribution in [3.63, 3.8) is 0 Å². The maximum atomic E-state index is 14.0. The first-order valence-corrected chi connectivity index (χ1v) is 13.6. The fourth-order valence-corrected chi connectivity index (χ4v) is 10.3. The summed E-state index contributed by atoms with van der Waals surface area (Å²) in [5, 5.41) is 0. The molecule has 0 spiro atoms. The summed E-state index contributed by atoms with van der Waals surface area (Å²) in [5.41, 5.74) is 3.91. The Hall–Kier alpha value is -1.46. The highest BCUT2D eigenvalue weighted by Crippen LogP contribution is 2.41. The second-order valence-electron chi connectivity index (χ2n) is 10.6. The first kappa shape index (κ1) is 28.6. The van der Waals surface area contributed by atoms with Crippen molar-refractivity contribution >= 4 is 14.2 Å². The third-order valence-corrected chi connectivity index (χ3v) is 12.6. The third-order valence-electron chi connectivity index (χ3n) is 6.22. The summed E-state index contributed by atoms with van der Waals surface area (Å²) in [6, 6.07) is -0.706. The van der Waals surface area contributed by atoms with E-state index < -0.39 is 38.2 Å². The highest BCUT2D eigenvalue weighted by atomic mass is 28.3. The van der Waals surface area contributed by atoms with E-state index in [-0.39, 0.29) is 19.5 Å². The van der Waals surface area contributed by atoms with Gasteiger partial charge in [-0.05, 0) is 37.4 Å². The van der Waals surface area contributed by atoms with E-state index in [2.05, 4.69) is 59.6 Å². The smallest absolute Gasteiger partial charge is 0.422 e. The molecular formula is C24H41F3N2O2Si. The lowest BCUT2D eigenvalue weighted by atomic mass is 10.2. The zero-order chi connectivity index (χ0) is 25.1. The molecule has 0 aromatic heterocycles. The van der Waals surface area contributed by atoms with E-state index in [1.165, 1.54) is 11.0 Å². The van der Waals surface area contributed by atoms with Crippen LogP contribution in [0, 0.1) is 11.5 Å². The summed E-state index contributed by atoms with van der Waals surface area (Å²) in [6.07, 6.45) is -6.02. The molecule has 1 heterocycles. The highest BCUT2D eigenvalue weighted by molar-refractivity contribution is 6.90. The number of nitrogens with zero attached hydrogens (tertiary/aromatic N) is 2. The fraction of sp³-hybridized carbons (Fsp3) is 0.792. The molecule has 32 heavy (non-hydrogen) atoms. The number of carbonyl (C=O) groups excluding carboxylic acids is 1. The largest absolute Gasteiger partial charge is 0.444 e. The van der Waals surface area contributed by atoms with Gasteiger partial charge in [-0.3, -0.25) is 9.80 Å². The van der Waals surface area contributed by atoms with Gasteiger partial charge in [-0.25, -0.2) is 4.79 Å². The summed E-state index contributed by atoms with van der Waals surface area (Å²) in [6.45, 7) is 21.8. The van der Waals surface area contributed by atoms with Gasteiger partial charge in [0, 0.05) is 19.5 Å². The molecule has 1 amide bonds.